The summed E-state index contributed by atoms with van der Waals surface area (Å²) in [5.74, 6) is 2.63. The van der Waals surface area contributed by atoms with Crippen molar-refractivity contribution < 1.29 is 9.53 Å². The molecule has 2 rings (SSSR count). The van der Waals surface area contributed by atoms with E-state index < -0.39 is 0 Å². The SMILES string of the molecule is C#CCCC1(CCC(=O)NC2(C)CCCOC2)N=N1. The van der Waals surface area contributed by atoms with E-state index in [9.17, 15) is 4.79 Å². The fourth-order valence-electron chi connectivity index (χ4n) is 2.41. The van der Waals surface area contributed by atoms with Crippen molar-refractivity contribution in [1.82, 2.24) is 5.32 Å². The van der Waals surface area contributed by atoms with Gasteiger partial charge in [0, 0.05) is 32.3 Å². The number of hydrogen-bond acceptors (Lipinski definition) is 4. The average molecular weight is 263 g/mol. The number of nitrogens with one attached hydrogen (secondary N) is 1. The van der Waals surface area contributed by atoms with Gasteiger partial charge in [0.25, 0.3) is 0 Å². The summed E-state index contributed by atoms with van der Waals surface area (Å²) in [4.78, 5) is 12.0. The van der Waals surface area contributed by atoms with Gasteiger partial charge >= 0.3 is 0 Å². The molecule has 2 aliphatic heterocycles. The van der Waals surface area contributed by atoms with Crippen LogP contribution in [-0.4, -0.2) is 30.3 Å². The van der Waals surface area contributed by atoms with Gasteiger partial charge in [-0.1, -0.05) is 0 Å². The van der Waals surface area contributed by atoms with Gasteiger partial charge in [0.2, 0.25) is 5.91 Å². The second-order valence-corrected chi connectivity index (χ2v) is 5.65. The highest BCUT2D eigenvalue weighted by Crippen LogP contribution is 2.37. The van der Waals surface area contributed by atoms with E-state index in [1.807, 2.05) is 6.92 Å². The lowest BCUT2D eigenvalue weighted by Gasteiger charge is -2.34. The van der Waals surface area contributed by atoms with E-state index in [1.165, 1.54) is 0 Å². The van der Waals surface area contributed by atoms with Gasteiger partial charge in [0.15, 0.2) is 5.66 Å². The first-order valence-corrected chi connectivity index (χ1v) is 6.84. The van der Waals surface area contributed by atoms with Gasteiger partial charge in [-0.25, -0.2) is 0 Å². The van der Waals surface area contributed by atoms with Gasteiger partial charge < -0.3 is 10.1 Å². The van der Waals surface area contributed by atoms with E-state index in [1.54, 1.807) is 0 Å². The lowest BCUT2D eigenvalue weighted by molar-refractivity contribution is -0.124. The van der Waals surface area contributed by atoms with Crippen LogP contribution in [0.5, 0.6) is 0 Å². The largest absolute Gasteiger partial charge is 0.379 e. The Morgan fingerprint density at radius 2 is 2.26 bits per heavy atom. The van der Waals surface area contributed by atoms with Crippen molar-refractivity contribution in [2.75, 3.05) is 13.2 Å². The third-order valence-corrected chi connectivity index (χ3v) is 3.68. The normalized spacial score (nSPS) is 27.6. The van der Waals surface area contributed by atoms with Crippen LogP contribution in [0.3, 0.4) is 0 Å². The number of amides is 1. The molecule has 1 unspecified atom stereocenters. The van der Waals surface area contributed by atoms with Crippen LogP contribution >= 0.6 is 0 Å². The fraction of sp³-hybridized carbons (Fsp3) is 0.786. The third kappa shape index (κ3) is 4.03. The van der Waals surface area contributed by atoms with Crippen molar-refractivity contribution >= 4 is 5.91 Å². The molecule has 1 atom stereocenters. The summed E-state index contributed by atoms with van der Waals surface area (Å²) in [6, 6.07) is 0. The highest BCUT2D eigenvalue weighted by Gasteiger charge is 2.39. The minimum absolute atomic E-state index is 0.0467. The van der Waals surface area contributed by atoms with Gasteiger partial charge in [-0.2, -0.15) is 10.2 Å². The maximum absolute atomic E-state index is 12.0. The molecule has 5 nitrogen and oxygen atoms in total. The number of nitrogens with zero attached hydrogens (tertiary/aromatic N) is 2. The molecule has 0 bridgehead atoms. The molecule has 0 spiro atoms. The van der Waals surface area contributed by atoms with Crippen molar-refractivity contribution in [3.05, 3.63) is 0 Å². The van der Waals surface area contributed by atoms with E-state index in [0.717, 1.165) is 25.9 Å². The Bertz CT molecular complexity index is 399. The van der Waals surface area contributed by atoms with Gasteiger partial charge in [0.05, 0.1) is 12.1 Å². The molecule has 1 fully saturated rings. The molecule has 1 amide bonds. The number of hydrogen-bond donors (Lipinski definition) is 1. The molecular weight excluding hydrogens is 242 g/mol. The van der Waals surface area contributed by atoms with Crippen molar-refractivity contribution in [1.29, 1.82) is 0 Å². The molecule has 2 aliphatic rings. The molecule has 0 saturated carbocycles. The standard InChI is InChI=1S/C14H21N3O2/c1-3-4-8-14(16-17-14)9-6-12(18)15-13(2)7-5-10-19-11-13/h1H,4-11H2,2H3,(H,15,18). The molecule has 0 aromatic rings. The predicted octanol–water partition coefficient (Wildman–Crippen LogP) is 2.03. The van der Waals surface area contributed by atoms with Crippen LogP contribution in [0.15, 0.2) is 10.2 Å². The third-order valence-electron chi connectivity index (χ3n) is 3.68. The Hall–Kier alpha value is -1.41. The Labute approximate surface area is 114 Å². The molecule has 5 heteroatoms. The monoisotopic (exact) mass is 263 g/mol. The quantitative estimate of drug-likeness (QED) is 0.745. The van der Waals surface area contributed by atoms with E-state index >= 15 is 0 Å². The molecule has 104 valence electrons. The van der Waals surface area contributed by atoms with Crippen LogP contribution < -0.4 is 5.32 Å². The topological polar surface area (TPSA) is 63.0 Å². The van der Waals surface area contributed by atoms with Crippen molar-refractivity contribution in [3.8, 4) is 12.3 Å². The summed E-state index contributed by atoms with van der Waals surface area (Å²) in [6.07, 6.45) is 9.68. The number of carbonyl (C=O) groups is 1. The van der Waals surface area contributed by atoms with E-state index in [2.05, 4.69) is 21.5 Å². The Morgan fingerprint density at radius 3 is 2.84 bits per heavy atom. The minimum Gasteiger partial charge on any atom is -0.379 e. The molecule has 19 heavy (non-hydrogen) atoms. The van der Waals surface area contributed by atoms with Crippen LogP contribution in [0.1, 0.15) is 45.4 Å². The van der Waals surface area contributed by atoms with Crippen molar-refractivity contribution in [2.24, 2.45) is 10.2 Å². The number of rotatable bonds is 6. The van der Waals surface area contributed by atoms with Crippen LogP contribution in [0.25, 0.3) is 0 Å². The molecule has 0 radical (unpaired) electrons. The van der Waals surface area contributed by atoms with E-state index in [4.69, 9.17) is 11.2 Å². The minimum atomic E-state index is -0.367. The predicted molar refractivity (Wildman–Crippen MR) is 71.5 cm³/mol. The lowest BCUT2D eigenvalue weighted by atomic mass is 9.94. The molecule has 1 saturated heterocycles. The molecule has 0 aromatic carbocycles. The van der Waals surface area contributed by atoms with Gasteiger partial charge in [-0.05, 0) is 19.8 Å². The maximum Gasteiger partial charge on any atom is 0.220 e. The average Bonchev–Trinajstić information content (AvgIpc) is 3.15. The molecule has 0 aromatic heterocycles. The smallest absolute Gasteiger partial charge is 0.220 e. The highest BCUT2D eigenvalue weighted by molar-refractivity contribution is 5.76. The van der Waals surface area contributed by atoms with Crippen LogP contribution in [0, 0.1) is 12.3 Å². The molecule has 2 heterocycles. The van der Waals surface area contributed by atoms with Crippen molar-refractivity contribution in [2.45, 2.75) is 56.7 Å². The van der Waals surface area contributed by atoms with Crippen LogP contribution in [-0.2, 0) is 9.53 Å². The Balaban J connectivity index is 1.71. The zero-order valence-electron chi connectivity index (χ0n) is 11.4. The summed E-state index contributed by atoms with van der Waals surface area (Å²) in [7, 11) is 0. The number of ether oxygens (including phenoxy) is 1. The fourth-order valence-corrected chi connectivity index (χ4v) is 2.41. The van der Waals surface area contributed by atoms with Crippen LogP contribution in [0.4, 0.5) is 0 Å². The zero-order valence-corrected chi connectivity index (χ0v) is 11.4. The summed E-state index contributed by atoms with van der Waals surface area (Å²) < 4.78 is 5.42. The lowest BCUT2D eigenvalue weighted by Crippen LogP contribution is -2.51. The Kier molecular flexibility index (Phi) is 4.20. The number of carbonyl (C=O) groups excluding carboxylic acids is 1. The second kappa shape index (κ2) is 5.70. The summed E-state index contributed by atoms with van der Waals surface area (Å²) in [5.41, 5.74) is -0.590. The van der Waals surface area contributed by atoms with Gasteiger partial charge in [0.1, 0.15) is 0 Å². The summed E-state index contributed by atoms with van der Waals surface area (Å²) >= 11 is 0. The zero-order chi connectivity index (χ0) is 13.8. The summed E-state index contributed by atoms with van der Waals surface area (Å²) in [5, 5.41) is 11.1. The maximum atomic E-state index is 12.0. The van der Waals surface area contributed by atoms with E-state index in [0.29, 0.717) is 25.9 Å². The van der Waals surface area contributed by atoms with Crippen LogP contribution in [0.2, 0.25) is 0 Å². The molecule has 0 aliphatic carbocycles. The Morgan fingerprint density at radius 1 is 1.47 bits per heavy atom. The first-order valence-electron chi connectivity index (χ1n) is 6.84. The van der Waals surface area contributed by atoms with Crippen molar-refractivity contribution in [3.63, 3.8) is 0 Å². The first-order chi connectivity index (χ1) is 9.08. The molecule has 1 N–H and O–H groups in total. The number of terminal acetylenes is 1. The van der Waals surface area contributed by atoms with Gasteiger partial charge in [-0.15, -0.1) is 12.3 Å². The van der Waals surface area contributed by atoms with Gasteiger partial charge in [-0.3, -0.25) is 4.79 Å². The van der Waals surface area contributed by atoms with E-state index in [-0.39, 0.29) is 17.1 Å². The summed E-state index contributed by atoms with van der Waals surface area (Å²) in [6.45, 7) is 3.41. The molecular formula is C14H21N3O2. The highest BCUT2D eigenvalue weighted by atomic mass is 16.5. The first kappa shape index (κ1) is 14.0. The second-order valence-electron chi connectivity index (χ2n) is 5.65.